The molecule has 17 heavy (non-hydrogen) atoms. The minimum Gasteiger partial charge on any atom is -0.377 e. The zero-order valence-electron chi connectivity index (χ0n) is 10.1. The molecule has 3 heterocycles. The molecule has 0 saturated carbocycles. The molecule has 5 heteroatoms. The summed E-state index contributed by atoms with van der Waals surface area (Å²) >= 11 is 1.65. The molecule has 1 aromatic heterocycles. The molecule has 0 amide bonds. The molecule has 2 aliphatic rings. The van der Waals surface area contributed by atoms with Crippen LogP contribution in [-0.2, 0) is 16.0 Å². The molecule has 0 aromatic carbocycles. The predicted molar refractivity (Wildman–Crippen MR) is 66.1 cm³/mol. The lowest BCUT2D eigenvalue weighted by molar-refractivity contribution is -0.0756. The third-order valence-electron chi connectivity index (χ3n) is 3.79. The Balaban J connectivity index is 1.69. The standard InChI is InChI=1S/C12H18N2O2S/c1-15-11-6-14(5-10-7-17-9-13-10)8-12(11)3-2-4-16-12/h7,9,11H,2-6,8H2,1H3/t11-,12-/m0/s1. The Morgan fingerprint density at radius 1 is 1.71 bits per heavy atom. The normalized spacial score (nSPS) is 33.8. The van der Waals surface area contributed by atoms with Gasteiger partial charge in [-0.1, -0.05) is 0 Å². The Bertz CT molecular complexity index is 363. The van der Waals surface area contributed by atoms with Crippen LogP contribution < -0.4 is 0 Å². The molecule has 4 nitrogen and oxygen atoms in total. The van der Waals surface area contributed by atoms with E-state index in [0.29, 0.717) is 0 Å². The fourth-order valence-corrected chi connectivity index (χ4v) is 3.55. The predicted octanol–water partition coefficient (Wildman–Crippen LogP) is 1.52. The number of thiazole rings is 1. The molecule has 0 aliphatic carbocycles. The molecule has 1 spiro atoms. The number of methoxy groups -OCH3 is 1. The van der Waals surface area contributed by atoms with Crippen molar-refractivity contribution >= 4 is 11.3 Å². The molecule has 0 N–H and O–H groups in total. The van der Waals surface area contributed by atoms with E-state index in [1.54, 1.807) is 18.4 Å². The van der Waals surface area contributed by atoms with Crippen LogP contribution in [-0.4, -0.2) is 48.4 Å². The summed E-state index contributed by atoms with van der Waals surface area (Å²) in [5.41, 5.74) is 2.99. The average molecular weight is 254 g/mol. The molecule has 0 bridgehead atoms. The lowest BCUT2D eigenvalue weighted by Crippen LogP contribution is -2.41. The smallest absolute Gasteiger partial charge is 0.108 e. The molecule has 1 aromatic rings. The van der Waals surface area contributed by atoms with Crippen molar-refractivity contribution in [2.75, 3.05) is 26.8 Å². The van der Waals surface area contributed by atoms with E-state index in [4.69, 9.17) is 9.47 Å². The number of ether oxygens (including phenoxy) is 2. The summed E-state index contributed by atoms with van der Waals surface area (Å²) in [4.78, 5) is 6.74. The zero-order valence-corrected chi connectivity index (χ0v) is 10.9. The highest BCUT2D eigenvalue weighted by atomic mass is 32.1. The van der Waals surface area contributed by atoms with Crippen molar-refractivity contribution in [3.63, 3.8) is 0 Å². The van der Waals surface area contributed by atoms with Crippen LogP contribution in [0.25, 0.3) is 0 Å². The summed E-state index contributed by atoms with van der Waals surface area (Å²) in [6, 6.07) is 0. The van der Waals surface area contributed by atoms with E-state index < -0.39 is 0 Å². The maximum absolute atomic E-state index is 5.97. The average Bonchev–Trinajstić information content (AvgIpc) is 3.02. The number of nitrogens with zero attached hydrogens (tertiary/aromatic N) is 2. The molecular weight excluding hydrogens is 236 g/mol. The Hall–Kier alpha value is -0.490. The van der Waals surface area contributed by atoms with E-state index in [-0.39, 0.29) is 11.7 Å². The first-order valence-corrected chi connectivity index (χ1v) is 7.03. The quantitative estimate of drug-likeness (QED) is 0.819. The van der Waals surface area contributed by atoms with Gasteiger partial charge in [0.25, 0.3) is 0 Å². The fourth-order valence-electron chi connectivity index (χ4n) is 3.00. The first kappa shape index (κ1) is 11.6. The van der Waals surface area contributed by atoms with Crippen molar-refractivity contribution in [2.24, 2.45) is 0 Å². The van der Waals surface area contributed by atoms with Gasteiger partial charge in [0.05, 0.1) is 17.3 Å². The van der Waals surface area contributed by atoms with Gasteiger partial charge in [-0.25, -0.2) is 4.98 Å². The Labute approximate surface area is 106 Å². The van der Waals surface area contributed by atoms with Gasteiger partial charge in [-0.3, -0.25) is 4.90 Å². The summed E-state index contributed by atoms with van der Waals surface area (Å²) in [6.45, 7) is 3.72. The summed E-state index contributed by atoms with van der Waals surface area (Å²) in [5.74, 6) is 0. The number of likely N-dealkylation sites (tertiary alicyclic amines) is 1. The molecule has 94 valence electrons. The van der Waals surface area contributed by atoms with Crippen LogP contribution in [0.3, 0.4) is 0 Å². The lowest BCUT2D eigenvalue weighted by atomic mass is 9.97. The molecule has 0 unspecified atom stereocenters. The summed E-state index contributed by atoms with van der Waals surface area (Å²) in [6.07, 6.45) is 2.49. The summed E-state index contributed by atoms with van der Waals surface area (Å²) in [5, 5.41) is 2.11. The molecule has 2 saturated heterocycles. The zero-order chi connectivity index (χ0) is 11.7. The van der Waals surface area contributed by atoms with Crippen molar-refractivity contribution in [1.29, 1.82) is 0 Å². The second kappa shape index (κ2) is 4.65. The van der Waals surface area contributed by atoms with Gasteiger partial charge in [0.2, 0.25) is 0 Å². The molecule has 2 aliphatic heterocycles. The molecule has 2 fully saturated rings. The fraction of sp³-hybridized carbons (Fsp3) is 0.750. The van der Waals surface area contributed by atoms with Crippen molar-refractivity contribution in [3.8, 4) is 0 Å². The molecule has 2 atom stereocenters. The lowest BCUT2D eigenvalue weighted by Gasteiger charge is -2.28. The van der Waals surface area contributed by atoms with E-state index in [2.05, 4.69) is 15.3 Å². The van der Waals surface area contributed by atoms with Crippen LogP contribution in [0, 0.1) is 0 Å². The SMILES string of the molecule is CO[C@H]1CN(Cc2cscn2)C[C@@]12CCCO2. The first-order chi connectivity index (χ1) is 8.32. The Morgan fingerprint density at radius 3 is 3.29 bits per heavy atom. The summed E-state index contributed by atoms with van der Waals surface area (Å²) in [7, 11) is 1.79. The van der Waals surface area contributed by atoms with Gasteiger partial charge in [0.15, 0.2) is 0 Å². The van der Waals surface area contributed by atoms with Crippen LogP contribution >= 0.6 is 11.3 Å². The van der Waals surface area contributed by atoms with Crippen molar-refractivity contribution < 1.29 is 9.47 Å². The third-order valence-corrected chi connectivity index (χ3v) is 4.42. The minimum atomic E-state index is -0.0508. The third kappa shape index (κ3) is 2.12. The van der Waals surface area contributed by atoms with E-state index in [9.17, 15) is 0 Å². The number of hydrogen-bond acceptors (Lipinski definition) is 5. The van der Waals surface area contributed by atoms with Crippen LogP contribution in [0.15, 0.2) is 10.9 Å². The maximum atomic E-state index is 5.97. The molecule has 3 rings (SSSR count). The van der Waals surface area contributed by atoms with Crippen LogP contribution in [0.2, 0.25) is 0 Å². The van der Waals surface area contributed by atoms with Crippen LogP contribution in [0.1, 0.15) is 18.5 Å². The van der Waals surface area contributed by atoms with Gasteiger partial charge < -0.3 is 9.47 Å². The number of hydrogen-bond donors (Lipinski definition) is 0. The Kier molecular flexibility index (Phi) is 3.17. The summed E-state index contributed by atoms with van der Waals surface area (Å²) < 4.78 is 11.6. The molecule has 0 radical (unpaired) electrons. The van der Waals surface area contributed by atoms with Crippen LogP contribution in [0.5, 0.6) is 0 Å². The topological polar surface area (TPSA) is 34.6 Å². The van der Waals surface area contributed by atoms with Gasteiger partial charge >= 0.3 is 0 Å². The highest BCUT2D eigenvalue weighted by Crippen LogP contribution is 2.37. The Morgan fingerprint density at radius 2 is 2.65 bits per heavy atom. The van der Waals surface area contributed by atoms with E-state index in [1.165, 1.54) is 0 Å². The molecular formula is C12H18N2O2S. The van der Waals surface area contributed by atoms with Gasteiger partial charge in [0.1, 0.15) is 5.60 Å². The highest BCUT2D eigenvalue weighted by Gasteiger charge is 2.49. The highest BCUT2D eigenvalue weighted by molar-refractivity contribution is 7.07. The first-order valence-electron chi connectivity index (χ1n) is 6.08. The minimum absolute atomic E-state index is 0.0508. The van der Waals surface area contributed by atoms with Gasteiger partial charge in [0, 0.05) is 38.7 Å². The second-order valence-electron chi connectivity index (χ2n) is 4.89. The second-order valence-corrected chi connectivity index (χ2v) is 5.61. The monoisotopic (exact) mass is 254 g/mol. The van der Waals surface area contributed by atoms with Crippen molar-refractivity contribution in [1.82, 2.24) is 9.88 Å². The number of aromatic nitrogens is 1. The van der Waals surface area contributed by atoms with Crippen molar-refractivity contribution in [2.45, 2.75) is 31.1 Å². The van der Waals surface area contributed by atoms with Gasteiger partial charge in [-0.15, -0.1) is 11.3 Å². The largest absolute Gasteiger partial charge is 0.377 e. The van der Waals surface area contributed by atoms with Gasteiger partial charge in [-0.05, 0) is 12.8 Å². The maximum Gasteiger partial charge on any atom is 0.108 e. The van der Waals surface area contributed by atoms with E-state index in [0.717, 1.165) is 44.8 Å². The van der Waals surface area contributed by atoms with Gasteiger partial charge in [-0.2, -0.15) is 0 Å². The van der Waals surface area contributed by atoms with E-state index >= 15 is 0 Å². The number of rotatable bonds is 3. The van der Waals surface area contributed by atoms with E-state index in [1.807, 2.05) is 5.51 Å². The van der Waals surface area contributed by atoms with Crippen molar-refractivity contribution in [3.05, 3.63) is 16.6 Å². The van der Waals surface area contributed by atoms with Crippen LogP contribution in [0.4, 0.5) is 0 Å².